The monoisotopic (exact) mass is 141 g/mol. The van der Waals surface area contributed by atoms with Crippen molar-refractivity contribution < 1.29 is 4.79 Å². The Hall–Kier alpha value is -0.540. The Morgan fingerprint density at radius 1 is 1.78 bits per heavy atom. The Labute approximate surface area is 58.1 Å². The lowest BCUT2D eigenvalue weighted by Gasteiger charge is -2.12. The molecule has 0 fully saturated rings. The minimum atomic E-state index is -0.606. The van der Waals surface area contributed by atoms with Gasteiger partial charge >= 0.3 is 0 Å². The Balaban J connectivity index is 2.79. The summed E-state index contributed by atoms with van der Waals surface area (Å²) in [5, 5.41) is 1.83. The number of carbonyl (C=O) groups is 1. The molecule has 1 heterocycles. The van der Waals surface area contributed by atoms with Crippen molar-refractivity contribution in [3.8, 4) is 0 Å². The molecule has 0 aromatic heterocycles. The molecule has 1 unspecified atom stereocenters. The van der Waals surface area contributed by atoms with E-state index >= 15 is 0 Å². The van der Waals surface area contributed by atoms with E-state index in [0.717, 1.165) is 6.29 Å². The molecule has 0 spiro atoms. The highest BCUT2D eigenvalue weighted by molar-refractivity contribution is 8.00. The van der Waals surface area contributed by atoms with Crippen LogP contribution in [0.1, 0.15) is 0 Å². The SMILES string of the molecule is C=CC1(C=O)C=CSN1. The van der Waals surface area contributed by atoms with Crippen LogP contribution in [-0.2, 0) is 4.79 Å². The second-order valence-corrected chi connectivity index (χ2v) is 2.49. The first-order chi connectivity index (χ1) is 4.33. The van der Waals surface area contributed by atoms with Crippen LogP contribution in [0.3, 0.4) is 0 Å². The molecule has 0 aromatic rings. The third-order valence-electron chi connectivity index (χ3n) is 1.18. The van der Waals surface area contributed by atoms with Gasteiger partial charge in [0.1, 0.15) is 11.8 Å². The number of carbonyl (C=O) groups excluding carboxylic acids is 1. The zero-order chi connectivity index (χ0) is 6.74. The van der Waals surface area contributed by atoms with Crippen molar-refractivity contribution >= 4 is 18.2 Å². The zero-order valence-corrected chi connectivity index (χ0v) is 5.65. The summed E-state index contributed by atoms with van der Waals surface area (Å²) in [5.74, 6) is 0. The summed E-state index contributed by atoms with van der Waals surface area (Å²) in [6.45, 7) is 3.53. The van der Waals surface area contributed by atoms with E-state index in [1.165, 1.54) is 11.9 Å². The summed E-state index contributed by atoms with van der Waals surface area (Å²) in [6, 6.07) is 0. The predicted molar refractivity (Wildman–Crippen MR) is 38.9 cm³/mol. The van der Waals surface area contributed by atoms with Crippen molar-refractivity contribution in [2.24, 2.45) is 0 Å². The molecule has 3 heteroatoms. The van der Waals surface area contributed by atoms with Gasteiger partial charge in [0, 0.05) is 0 Å². The maximum Gasteiger partial charge on any atom is 0.148 e. The molecule has 1 aliphatic heterocycles. The van der Waals surface area contributed by atoms with E-state index in [-0.39, 0.29) is 0 Å². The summed E-state index contributed by atoms with van der Waals surface area (Å²) in [6.07, 6.45) is 4.19. The lowest BCUT2D eigenvalue weighted by atomic mass is 10.1. The zero-order valence-electron chi connectivity index (χ0n) is 4.83. The first-order valence-electron chi connectivity index (χ1n) is 2.53. The van der Waals surface area contributed by atoms with E-state index in [1.807, 2.05) is 5.41 Å². The van der Waals surface area contributed by atoms with E-state index in [2.05, 4.69) is 11.3 Å². The van der Waals surface area contributed by atoms with Gasteiger partial charge in [0.15, 0.2) is 0 Å². The Kier molecular flexibility index (Phi) is 1.73. The van der Waals surface area contributed by atoms with E-state index in [9.17, 15) is 4.79 Å². The first kappa shape index (κ1) is 6.58. The van der Waals surface area contributed by atoms with Crippen molar-refractivity contribution in [3.05, 3.63) is 24.1 Å². The fraction of sp³-hybridized carbons (Fsp3) is 0.167. The lowest BCUT2D eigenvalue weighted by molar-refractivity contribution is -0.110. The molecule has 1 atom stereocenters. The van der Waals surface area contributed by atoms with E-state index in [0.29, 0.717) is 0 Å². The average molecular weight is 141 g/mol. The predicted octanol–water partition coefficient (Wildman–Crippen LogP) is 0.875. The van der Waals surface area contributed by atoms with Crippen LogP contribution in [0.15, 0.2) is 24.1 Å². The topological polar surface area (TPSA) is 29.1 Å². The van der Waals surface area contributed by atoms with Crippen LogP contribution in [-0.4, -0.2) is 11.8 Å². The van der Waals surface area contributed by atoms with Crippen LogP contribution in [0.4, 0.5) is 0 Å². The lowest BCUT2D eigenvalue weighted by Crippen LogP contribution is -2.35. The number of hydrogen-bond donors (Lipinski definition) is 1. The van der Waals surface area contributed by atoms with Crippen LogP contribution in [0.5, 0.6) is 0 Å². The molecule has 48 valence electrons. The molecular weight excluding hydrogens is 134 g/mol. The quantitative estimate of drug-likeness (QED) is 0.351. The number of nitrogens with one attached hydrogen (secondary N) is 1. The second kappa shape index (κ2) is 2.37. The molecule has 1 N–H and O–H groups in total. The maximum absolute atomic E-state index is 10.4. The van der Waals surface area contributed by atoms with Crippen LogP contribution in [0, 0.1) is 0 Å². The van der Waals surface area contributed by atoms with Gasteiger partial charge in [0.05, 0.1) is 0 Å². The van der Waals surface area contributed by atoms with Crippen LogP contribution >= 0.6 is 11.9 Å². The van der Waals surface area contributed by atoms with Gasteiger partial charge < -0.3 is 4.79 Å². The molecule has 1 aliphatic rings. The van der Waals surface area contributed by atoms with Crippen molar-refractivity contribution in [1.82, 2.24) is 4.72 Å². The molecule has 0 amide bonds. The fourth-order valence-electron chi connectivity index (χ4n) is 0.538. The molecule has 0 bridgehead atoms. The van der Waals surface area contributed by atoms with E-state index in [1.54, 1.807) is 12.2 Å². The molecular formula is C6H7NOS. The minimum absolute atomic E-state index is 0.606. The third kappa shape index (κ3) is 1.06. The van der Waals surface area contributed by atoms with Crippen LogP contribution < -0.4 is 4.72 Å². The molecule has 9 heavy (non-hydrogen) atoms. The fourth-order valence-corrected chi connectivity index (χ4v) is 1.30. The highest BCUT2D eigenvalue weighted by atomic mass is 32.2. The van der Waals surface area contributed by atoms with Gasteiger partial charge in [-0.3, -0.25) is 0 Å². The molecule has 0 aliphatic carbocycles. The van der Waals surface area contributed by atoms with Gasteiger partial charge in [0.25, 0.3) is 0 Å². The molecule has 0 saturated carbocycles. The second-order valence-electron chi connectivity index (χ2n) is 1.78. The largest absolute Gasteiger partial charge is 0.301 e. The van der Waals surface area contributed by atoms with Gasteiger partial charge in [-0.1, -0.05) is 18.0 Å². The number of hydrogen-bond acceptors (Lipinski definition) is 3. The summed E-state index contributed by atoms with van der Waals surface area (Å²) in [4.78, 5) is 10.4. The Bertz CT molecular complexity index is 156. The molecule has 0 saturated heterocycles. The number of aldehydes is 1. The maximum atomic E-state index is 10.4. The highest BCUT2D eigenvalue weighted by Gasteiger charge is 2.24. The van der Waals surface area contributed by atoms with Crippen molar-refractivity contribution in [2.45, 2.75) is 5.54 Å². The Morgan fingerprint density at radius 2 is 2.56 bits per heavy atom. The van der Waals surface area contributed by atoms with Gasteiger partial charge in [-0.2, -0.15) is 0 Å². The van der Waals surface area contributed by atoms with Gasteiger partial charge in [-0.25, -0.2) is 4.72 Å². The van der Waals surface area contributed by atoms with Crippen molar-refractivity contribution in [3.63, 3.8) is 0 Å². The summed E-state index contributed by atoms with van der Waals surface area (Å²) < 4.78 is 2.89. The third-order valence-corrected chi connectivity index (χ3v) is 1.92. The van der Waals surface area contributed by atoms with Crippen LogP contribution in [0.2, 0.25) is 0 Å². The average Bonchev–Trinajstić information content (AvgIpc) is 2.36. The highest BCUT2D eigenvalue weighted by Crippen LogP contribution is 2.19. The molecule has 1 rings (SSSR count). The van der Waals surface area contributed by atoms with Gasteiger partial charge in [-0.05, 0) is 11.5 Å². The standard InChI is InChI=1S/C6H7NOS/c1-2-6(5-8)3-4-9-7-6/h2-5,7H,1H2. The summed E-state index contributed by atoms with van der Waals surface area (Å²) in [5.41, 5.74) is -0.606. The van der Waals surface area contributed by atoms with E-state index in [4.69, 9.17) is 0 Å². The first-order valence-corrected chi connectivity index (χ1v) is 3.41. The Morgan fingerprint density at radius 3 is 2.78 bits per heavy atom. The summed E-state index contributed by atoms with van der Waals surface area (Å²) >= 11 is 1.40. The van der Waals surface area contributed by atoms with E-state index < -0.39 is 5.54 Å². The summed E-state index contributed by atoms with van der Waals surface area (Å²) in [7, 11) is 0. The smallest absolute Gasteiger partial charge is 0.148 e. The molecule has 2 nitrogen and oxygen atoms in total. The number of rotatable bonds is 2. The van der Waals surface area contributed by atoms with Crippen LogP contribution in [0.25, 0.3) is 0 Å². The van der Waals surface area contributed by atoms with Gasteiger partial charge in [0.2, 0.25) is 0 Å². The minimum Gasteiger partial charge on any atom is -0.301 e. The molecule has 0 radical (unpaired) electrons. The van der Waals surface area contributed by atoms with Crippen molar-refractivity contribution in [2.75, 3.05) is 0 Å². The van der Waals surface area contributed by atoms with Gasteiger partial charge in [-0.15, -0.1) is 6.58 Å². The molecule has 0 aromatic carbocycles. The normalized spacial score (nSPS) is 32.4. The van der Waals surface area contributed by atoms with Crippen molar-refractivity contribution in [1.29, 1.82) is 0 Å².